The summed E-state index contributed by atoms with van der Waals surface area (Å²) in [7, 11) is 2.67. The highest BCUT2D eigenvalue weighted by Gasteiger charge is 2.12. The fraction of sp³-hybridized carbons (Fsp3) is 0.235. The summed E-state index contributed by atoms with van der Waals surface area (Å²) in [5.41, 5.74) is 0.638. The first-order valence-corrected chi connectivity index (χ1v) is 7.08. The van der Waals surface area contributed by atoms with E-state index in [1.807, 2.05) is 0 Å². The van der Waals surface area contributed by atoms with Crippen molar-refractivity contribution in [1.29, 1.82) is 0 Å². The van der Waals surface area contributed by atoms with Crippen LogP contribution in [0.15, 0.2) is 36.9 Å². The molecule has 0 aromatic heterocycles. The second kappa shape index (κ2) is 10.5. The van der Waals surface area contributed by atoms with E-state index in [4.69, 9.17) is 14.2 Å². The second-order valence-corrected chi connectivity index (χ2v) is 4.34. The van der Waals surface area contributed by atoms with Gasteiger partial charge in [-0.1, -0.05) is 12.6 Å². The summed E-state index contributed by atoms with van der Waals surface area (Å²) in [6.07, 6.45) is 2.78. The minimum absolute atomic E-state index is 0.117. The highest BCUT2D eigenvalue weighted by atomic mass is 16.7. The summed E-state index contributed by atoms with van der Waals surface area (Å²) < 4.78 is 24.0. The molecule has 0 saturated carbocycles. The van der Waals surface area contributed by atoms with Crippen molar-refractivity contribution in [3.8, 4) is 11.5 Å². The van der Waals surface area contributed by atoms with Crippen LogP contribution in [-0.2, 0) is 23.8 Å². The molecular formula is C17H18O8. The van der Waals surface area contributed by atoms with Gasteiger partial charge < -0.3 is 23.7 Å². The quantitative estimate of drug-likeness (QED) is 0.231. The first-order chi connectivity index (χ1) is 12.0. The molecule has 0 N–H and O–H groups in total. The van der Waals surface area contributed by atoms with Crippen LogP contribution in [-0.4, -0.2) is 45.5 Å². The number of hydrogen-bond acceptors (Lipinski definition) is 8. The first-order valence-electron chi connectivity index (χ1n) is 7.08. The van der Waals surface area contributed by atoms with E-state index in [0.717, 1.165) is 6.08 Å². The number of carbonyl (C=O) groups excluding carboxylic acids is 3. The zero-order valence-electron chi connectivity index (χ0n) is 13.9. The van der Waals surface area contributed by atoms with Crippen LogP contribution < -0.4 is 9.47 Å². The van der Waals surface area contributed by atoms with Crippen LogP contribution in [0.1, 0.15) is 5.56 Å². The molecule has 1 aromatic carbocycles. The molecular weight excluding hydrogens is 332 g/mol. The van der Waals surface area contributed by atoms with E-state index in [0.29, 0.717) is 5.56 Å². The molecule has 8 nitrogen and oxygen atoms in total. The van der Waals surface area contributed by atoms with E-state index < -0.39 is 18.1 Å². The average Bonchev–Trinajstić information content (AvgIpc) is 2.63. The Morgan fingerprint density at radius 1 is 1.04 bits per heavy atom. The highest BCUT2D eigenvalue weighted by molar-refractivity contribution is 5.87. The molecule has 8 heteroatoms. The molecule has 0 atom stereocenters. The van der Waals surface area contributed by atoms with Gasteiger partial charge in [-0.05, 0) is 23.8 Å². The minimum atomic E-state index is -0.981. The maximum Gasteiger partial charge on any atom is 0.514 e. The molecule has 0 saturated heterocycles. The number of benzene rings is 1. The third-order valence-corrected chi connectivity index (χ3v) is 2.71. The van der Waals surface area contributed by atoms with Crippen LogP contribution >= 0.6 is 0 Å². The maximum absolute atomic E-state index is 11.6. The zero-order chi connectivity index (χ0) is 18.7. The van der Waals surface area contributed by atoms with Crippen molar-refractivity contribution in [3.63, 3.8) is 0 Å². The molecule has 0 spiro atoms. The third-order valence-electron chi connectivity index (χ3n) is 2.71. The van der Waals surface area contributed by atoms with Crippen molar-refractivity contribution in [3.05, 3.63) is 42.5 Å². The van der Waals surface area contributed by atoms with Crippen molar-refractivity contribution >= 4 is 24.2 Å². The Bertz CT molecular complexity index is 663. The zero-order valence-corrected chi connectivity index (χ0v) is 13.9. The fourth-order valence-corrected chi connectivity index (χ4v) is 1.55. The van der Waals surface area contributed by atoms with Crippen LogP contribution in [0, 0.1) is 0 Å². The predicted octanol–water partition coefficient (Wildman–Crippen LogP) is 2.13. The van der Waals surface area contributed by atoms with E-state index in [9.17, 15) is 14.4 Å². The Morgan fingerprint density at radius 3 is 2.40 bits per heavy atom. The van der Waals surface area contributed by atoms with Gasteiger partial charge in [0.25, 0.3) is 0 Å². The Hall–Kier alpha value is -3.29. The standard InChI is InChI=1S/C17H18O8/c1-4-15(18)23-9-10-24-17(20)25-13-7-5-12(11-14(13)21-2)6-8-16(19)22-3/h4-8,11H,1,9-10H2,2-3H3/b8-6+. The third kappa shape index (κ3) is 7.21. The molecule has 0 aliphatic heterocycles. The van der Waals surface area contributed by atoms with E-state index in [1.165, 1.54) is 32.4 Å². The molecule has 0 aliphatic rings. The number of methoxy groups -OCH3 is 2. The van der Waals surface area contributed by atoms with Gasteiger partial charge >= 0.3 is 18.1 Å². The second-order valence-electron chi connectivity index (χ2n) is 4.34. The first kappa shape index (κ1) is 19.8. The lowest BCUT2D eigenvalue weighted by Crippen LogP contribution is -2.16. The van der Waals surface area contributed by atoms with Crippen LogP contribution in [0.4, 0.5) is 4.79 Å². The van der Waals surface area contributed by atoms with Gasteiger partial charge in [0, 0.05) is 12.2 Å². The molecule has 0 unspecified atom stereocenters. The lowest BCUT2D eigenvalue weighted by Gasteiger charge is -2.10. The molecule has 0 bridgehead atoms. The fourth-order valence-electron chi connectivity index (χ4n) is 1.55. The van der Waals surface area contributed by atoms with Gasteiger partial charge in [0.1, 0.15) is 13.2 Å². The van der Waals surface area contributed by atoms with E-state index in [-0.39, 0.29) is 24.7 Å². The summed E-state index contributed by atoms with van der Waals surface area (Å²) >= 11 is 0. The smallest absolute Gasteiger partial charge is 0.493 e. The summed E-state index contributed by atoms with van der Waals surface area (Å²) in [5.74, 6) is -0.720. The topological polar surface area (TPSA) is 97.4 Å². The SMILES string of the molecule is C=CC(=O)OCCOC(=O)Oc1ccc(/C=C/C(=O)OC)cc1OC. The van der Waals surface area contributed by atoms with Gasteiger partial charge in [-0.25, -0.2) is 14.4 Å². The van der Waals surface area contributed by atoms with Crippen LogP contribution in [0.3, 0.4) is 0 Å². The van der Waals surface area contributed by atoms with Gasteiger partial charge in [-0.15, -0.1) is 0 Å². The summed E-state index contributed by atoms with van der Waals surface area (Å²) in [5, 5.41) is 0. The minimum Gasteiger partial charge on any atom is -0.493 e. The molecule has 0 aliphatic carbocycles. The summed E-state index contributed by atoms with van der Waals surface area (Å²) in [6, 6.07) is 4.65. The Balaban J connectivity index is 2.61. The van der Waals surface area contributed by atoms with Crippen LogP contribution in [0.2, 0.25) is 0 Å². The van der Waals surface area contributed by atoms with Gasteiger partial charge in [0.05, 0.1) is 14.2 Å². The number of esters is 2. The van der Waals surface area contributed by atoms with Crippen molar-refractivity contribution in [2.75, 3.05) is 27.4 Å². The lowest BCUT2D eigenvalue weighted by atomic mass is 10.2. The number of ether oxygens (including phenoxy) is 5. The molecule has 0 radical (unpaired) electrons. The molecule has 1 rings (SSSR count). The number of carbonyl (C=O) groups is 3. The molecule has 0 amide bonds. The number of rotatable bonds is 8. The predicted molar refractivity (Wildman–Crippen MR) is 87.2 cm³/mol. The van der Waals surface area contributed by atoms with E-state index >= 15 is 0 Å². The van der Waals surface area contributed by atoms with Gasteiger partial charge in [-0.3, -0.25) is 0 Å². The summed E-state index contributed by atoms with van der Waals surface area (Å²) in [6.45, 7) is 2.95. The van der Waals surface area contributed by atoms with Crippen molar-refractivity contribution in [2.45, 2.75) is 0 Å². The highest BCUT2D eigenvalue weighted by Crippen LogP contribution is 2.28. The van der Waals surface area contributed by atoms with E-state index in [2.05, 4.69) is 16.1 Å². The molecule has 134 valence electrons. The maximum atomic E-state index is 11.6. The molecule has 0 fully saturated rings. The van der Waals surface area contributed by atoms with Crippen molar-refractivity contribution in [2.24, 2.45) is 0 Å². The van der Waals surface area contributed by atoms with E-state index in [1.54, 1.807) is 12.1 Å². The molecule has 0 heterocycles. The molecule has 1 aromatic rings. The van der Waals surface area contributed by atoms with Crippen LogP contribution in [0.5, 0.6) is 11.5 Å². The Labute approximate surface area is 144 Å². The van der Waals surface area contributed by atoms with Crippen LogP contribution in [0.25, 0.3) is 6.08 Å². The molecule has 25 heavy (non-hydrogen) atoms. The lowest BCUT2D eigenvalue weighted by molar-refractivity contribution is -0.139. The Kier molecular flexibility index (Phi) is 8.28. The van der Waals surface area contributed by atoms with Crippen molar-refractivity contribution in [1.82, 2.24) is 0 Å². The largest absolute Gasteiger partial charge is 0.514 e. The average molecular weight is 350 g/mol. The van der Waals surface area contributed by atoms with Gasteiger partial charge in [0.15, 0.2) is 11.5 Å². The van der Waals surface area contributed by atoms with Crippen molar-refractivity contribution < 1.29 is 38.1 Å². The monoisotopic (exact) mass is 350 g/mol. The van der Waals surface area contributed by atoms with Gasteiger partial charge in [-0.2, -0.15) is 0 Å². The summed E-state index contributed by atoms with van der Waals surface area (Å²) in [4.78, 5) is 33.5. The van der Waals surface area contributed by atoms with Gasteiger partial charge in [0.2, 0.25) is 0 Å². The normalized spacial score (nSPS) is 10.0. The number of hydrogen-bond donors (Lipinski definition) is 0. The Morgan fingerprint density at radius 2 is 1.76 bits per heavy atom.